The summed E-state index contributed by atoms with van der Waals surface area (Å²) in [5.41, 5.74) is 4.61. The summed E-state index contributed by atoms with van der Waals surface area (Å²) in [5.74, 6) is 1.12. The van der Waals surface area contributed by atoms with Gasteiger partial charge in [-0.05, 0) is 66.7 Å². The van der Waals surface area contributed by atoms with Gasteiger partial charge >= 0.3 is 0 Å². The highest BCUT2D eigenvalue weighted by Crippen LogP contribution is 2.28. The molecule has 0 saturated heterocycles. The highest BCUT2D eigenvalue weighted by Gasteiger charge is 2.18. The lowest BCUT2D eigenvalue weighted by molar-refractivity contribution is 0.111. The highest BCUT2D eigenvalue weighted by molar-refractivity contribution is 7.99. The number of carbonyl (C=O) groups is 1. The van der Waals surface area contributed by atoms with E-state index < -0.39 is 0 Å². The lowest BCUT2D eigenvalue weighted by atomic mass is 10.0. The molecule has 0 N–H and O–H groups in total. The maximum Gasteiger partial charge on any atom is 0.168 e. The molecule has 0 radical (unpaired) electrons. The first-order valence-electron chi connectivity index (χ1n) is 7.51. The second-order valence-corrected chi connectivity index (χ2v) is 6.53. The summed E-state index contributed by atoms with van der Waals surface area (Å²) < 4.78 is 0. The van der Waals surface area contributed by atoms with E-state index in [0.29, 0.717) is 5.69 Å². The van der Waals surface area contributed by atoms with Crippen LogP contribution in [0, 0.1) is 0 Å². The second kappa shape index (κ2) is 6.90. The van der Waals surface area contributed by atoms with Gasteiger partial charge in [0.2, 0.25) is 0 Å². The minimum Gasteiger partial charge on any atom is -0.296 e. The number of rotatable bonds is 6. The van der Waals surface area contributed by atoms with Gasteiger partial charge in [-0.25, -0.2) is 0 Å². The molecule has 0 unspecified atom stereocenters. The van der Waals surface area contributed by atoms with Crippen molar-refractivity contribution in [2.24, 2.45) is 0 Å². The molecule has 0 atom stereocenters. The Kier molecular flexibility index (Phi) is 4.71. The number of fused-ring (bicyclic) bond motifs is 1. The van der Waals surface area contributed by atoms with E-state index in [1.165, 1.54) is 21.6 Å². The van der Waals surface area contributed by atoms with Crippen LogP contribution in [-0.4, -0.2) is 17.0 Å². The van der Waals surface area contributed by atoms with Crippen molar-refractivity contribution in [1.29, 1.82) is 0 Å². The average Bonchev–Trinajstić information content (AvgIpc) is 3.02. The lowest BCUT2D eigenvalue weighted by Gasteiger charge is -2.09. The Labute approximate surface area is 130 Å². The SMILES string of the molecule is O=Cc1ncc(CCCSc2ccccc2)c2c1CCC2. The van der Waals surface area contributed by atoms with Crippen LogP contribution >= 0.6 is 11.8 Å². The smallest absolute Gasteiger partial charge is 0.168 e. The standard InChI is InChI=1S/C18H19NOS/c20-13-18-17-10-4-9-16(17)14(12-19-18)6-5-11-21-15-7-2-1-3-8-15/h1-3,7-8,12-13H,4-6,9-11H2. The van der Waals surface area contributed by atoms with Crippen molar-refractivity contribution in [2.45, 2.75) is 37.0 Å². The van der Waals surface area contributed by atoms with Crippen LogP contribution in [-0.2, 0) is 19.3 Å². The topological polar surface area (TPSA) is 30.0 Å². The van der Waals surface area contributed by atoms with Crippen molar-refractivity contribution in [3.8, 4) is 0 Å². The number of hydrogen-bond acceptors (Lipinski definition) is 3. The van der Waals surface area contributed by atoms with Crippen LogP contribution in [0.2, 0.25) is 0 Å². The van der Waals surface area contributed by atoms with Crippen molar-refractivity contribution in [2.75, 3.05) is 5.75 Å². The Balaban J connectivity index is 1.59. The normalized spacial score (nSPS) is 13.1. The Bertz CT molecular complexity index is 625. The molecular formula is C18H19NOS. The van der Waals surface area contributed by atoms with E-state index in [4.69, 9.17) is 0 Å². The average molecular weight is 297 g/mol. The quantitative estimate of drug-likeness (QED) is 0.456. The molecule has 0 amide bonds. The molecule has 1 heterocycles. The van der Waals surface area contributed by atoms with Crippen LogP contribution in [0.4, 0.5) is 0 Å². The largest absolute Gasteiger partial charge is 0.296 e. The van der Waals surface area contributed by atoms with Crippen LogP contribution in [0.5, 0.6) is 0 Å². The van der Waals surface area contributed by atoms with Crippen molar-refractivity contribution < 1.29 is 4.79 Å². The fraction of sp³-hybridized carbons (Fsp3) is 0.333. The Morgan fingerprint density at radius 2 is 1.95 bits per heavy atom. The Morgan fingerprint density at radius 3 is 2.76 bits per heavy atom. The Hall–Kier alpha value is -1.61. The zero-order chi connectivity index (χ0) is 14.5. The fourth-order valence-corrected chi connectivity index (χ4v) is 3.84. The van der Waals surface area contributed by atoms with Gasteiger partial charge in [-0.15, -0.1) is 11.8 Å². The summed E-state index contributed by atoms with van der Waals surface area (Å²) in [4.78, 5) is 16.7. The third-order valence-corrected chi connectivity index (χ3v) is 5.09. The third-order valence-electron chi connectivity index (χ3n) is 3.99. The monoisotopic (exact) mass is 297 g/mol. The van der Waals surface area contributed by atoms with E-state index in [9.17, 15) is 4.79 Å². The molecule has 1 aliphatic carbocycles. The van der Waals surface area contributed by atoms with Crippen LogP contribution in [0.1, 0.15) is 40.0 Å². The van der Waals surface area contributed by atoms with Gasteiger partial charge < -0.3 is 0 Å². The zero-order valence-electron chi connectivity index (χ0n) is 12.0. The molecule has 21 heavy (non-hydrogen) atoms. The number of aromatic nitrogens is 1. The van der Waals surface area contributed by atoms with Crippen molar-refractivity contribution >= 4 is 18.0 Å². The van der Waals surface area contributed by atoms with E-state index in [1.54, 1.807) is 0 Å². The number of nitrogens with zero attached hydrogens (tertiary/aromatic N) is 1. The summed E-state index contributed by atoms with van der Waals surface area (Å²) >= 11 is 1.90. The molecule has 2 nitrogen and oxygen atoms in total. The number of thioether (sulfide) groups is 1. The van der Waals surface area contributed by atoms with E-state index in [1.807, 2.05) is 24.0 Å². The molecule has 2 aromatic rings. The van der Waals surface area contributed by atoms with Crippen molar-refractivity contribution in [1.82, 2.24) is 4.98 Å². The second-order valence-electron chi connectivity index (χ2n) is 5.36. The molecule has 108 valence electrons. The van der Waals surface area contributed by atoms with E-state index in [2.05, 4.69) is 29.2 Å². The number of carbonyl (C=O) groups excluding carboxylic acids is 1. The van der Waals surface area contributed by atoms with Gasteiger partial charge in [0.15, 0.2) is 6.29 Å². The molecule has 3 rings (SSSR count). The van der Waals surface area contributed by atoms with E-state index in [0.717, 1.165) is 44.1 Å². The fourth-order valence-electron chi connectivity index (χ4n) is 2.97. The summed E-state index contributed by atoms with van der Waals surface area (Å²) in [5, 5.41) is 0. The van der Waals surface area contributed by atoms with Gasteiger partial charge in [0, 0.05) is 11.1 Å². The van der Waals surface area contributed by atoms with Crippen LogP contribution in [0.15, 0.2) is 41.4 Å². The van der Waals surface area contributed by atoms with Crippen molar-refractivity contribution in [3.05, 3.63) is 58.9 Å². The lowest BCUT2D eigenvalue weighted by Crippen LogP contribution is -2.01. The van der Waals surface area contributed by atoms with E-state index >= 15 is 0 Å². The van der Waals surface area contributed by atoms with Gasteiger partial charge in [-0.1, -0.05) is 18.2 Å². The molecule has 0 spiro atoms. The summed E-state index contributed by atoms with van der Waals surface area (Å²) in [6.45, 7) is 0. The maximum absolute atomic E-state index is 11.0. The number of aldehydes is 1. The van der Waals surface area contributed by atoms with Crippen LogP contribution in [0.3, 0.4) is 0 Å². The molecular weight excluding hydrogens is 278 g/mol. The molecule has 3 heteroatoms. The number of benzene rings is 1. The van der Waals surface area contributed by atoms with Crippen LogP contribution in [0.25, 0.3) is 0 Å². The summed E-state index contributed by atoms with van der Waals surface area (Å²) in [6, 6.07) is 10.5. The minimum atomic E-state index is 0.657. The van der Waals surface area contributed by atoms with Gasteiger partial charge in [-0.2, -0.15) is 0 Å². The predicted octanol–water partition coefficient (Wildman–Crippen LogP) is 4.11. The summed E-state index contributed by atoms with van der Waals surface area (Å²) in [7, 11) is 0. The zero-order valence-corrected chi connectivity index (χ0v) is 12.9. The number of aryl methyl sites for hydroxylation is 1. The first-order chi connectivity index (χ1) is 10.4. The minimum absolute atomic E-state index is 0.657. The van der Waals surface area contributed by atoms with Gasteiger partial charge in [-0.3, -0.25) is 9.78 Å². The van der Waals surface area contributed by atoms with Gasteiger partial charge in [0.1, 0.15) is 5.69 Å². The van der Waals surface area contributed by atoms with Crippen molar-refractivity contribution in [3.63, 3.8) is 0 Å². The molecule has 1 aliphatic rings. The van der Waals surface area contributed by atoms with Gasteiger partial charge in [0.25, 0.3) is 0 Å². The molecule has 0 aliphatic heterocycles. The molecule has 0 saturated carbocycles. The van der Waals surface area contributed by atoms with Gasteiger partial charge in [0.05, 0.1) is 0 Å². The third kappa shape index (κ3) is 3.35. The highest BCUT2D eigenvalue weighted by atomic mass is 32.2. The molecule has 1 aromatic heterocycles. The number of pyridine rings is 1. The Morgan fingerprint density at radius 1 is 1.14 bits per heavy atom. The van der Waals surface area contributed by atoms with Crippen LogP contribution < -0.4 is 0 Å². The first kappa shape index (κ1) is 14.3. The molecule has 0 fully saturated rings. The summed E-state index contributed by atoms with van der Waals surface area (Å²) in [6.07, 6.45) is 8.32. The molecule has 1 aromatic carbocycles. The first-order valence-corrected chi connectivity index (χ1v) is 8.49. The molecule has 0 bridgehead atoms. The maximum atomic E-state index is 11.0. The van der Waals surface area contributed by atoms with E-state index in [-0.39, 0.29) is 0 Å². The predicted molar refractivity (Wildman–Crippen MR) is 87.1 cm³/mol. The number of hydrogen-bond donors (Lipinski definition) is 0.